The lowest BCUT2D eigenvalue weighted by Crippen LogP contribution is -2.25. The lowest BCUT2D eigenvalue weighted by atomic mass is 10.0. The molecular formula is C26H26N2O6. The predicted octanol–water partition coefficient (Wildman–Crippen LogP) is 3.65. The maximum Gasteiger partial charge on any atom is 0.339 e. The van der Waals surface area contributed by atoms with E-state index in [1.54, 1.807) is 21.3 Å². The molecule has 1 N–H and O–H groups in total. The van der Waals surface area contributed by atoms with Gasteiger partial charge in [-0.1, -0.05) is 18.2 Å². The van der Waals surface area contributed by atoms with Gasteiger partial charge in [0, 0.05) is 12.4 Å². The molecule has 0 unspecified atom stereocenters. The van der Waals surface area contributed by atoms with E-state index in [4.69, 9.17) is 23.9 Å². The number of amides is 1. The zero-order valence-corrected chi connectivity index (χ0v) is 19.6. The number of methoxy groups -OCH3 is 3. The molecule has 1 aliphatic rings. The Bertz CT molecular complexity index is 1270. The third kappa shape index (κ3) is 4.26. The van der Waals surface area contributed by atoms with E-state index in [-0.39, 0.29) is 12.5 Å². The van der Waals surface area contributed by atoms with Crippen molar-refractivity contribution < 1.29 is 28.5 Å². The number of hydrogen-bond donors (Lipinski definition) is 1. The number of likely N-dealkylation sites (N-methyl/N-ethyl adjacent to an activating group) is 1. The number of ether oxygens (including phenoxy) is 4. The summed E-state index contributed by atoms with van der Waals surface area (Å²) < 4.78 is 21.7. The quantitative estimate of drug-likeness (QED) is 0.536. The molecule has 8 heteroatoms. The Morgan fingerprint density at radius 2 is 1.74 bits per heavy atom. The van der Waals surface area contributed by atoms with Crippen LogP contribution in [0.4, 0.5) is 0 Å². The molecule has 4 rings (SSSR count). The molecular weight excluding hydrogens is 436 g/mol. The summed E-state index contributed by atoms with van der Waals surface area (Å²) in [6.07, 6.45) is 3.34. The maximum absolute atomic E-state index is 13.0. The van der Waals surface area contributed by atoms with Crippen LogP contribution in [0.25, 0.3) is 22.6 Å². The van der Waals surface area contributed by atoms with E-state index in [0.29, 0.717) is 46.6 Å². The van der Waals surface area contributed by atoms with Crippen molar-refractivity contribution in [1.29, 1.82) is 0 Å². The van der Waals surface area contributed by atoms with Crippen molar-refractivity contribution in [2.45, 2.75) is 12.8 Å². The predicted molar refractivity (Wildman–Crippen MR) is 128 cm³/mol. The van der Waals surface area contributed by atoms with Gasteiger partial charge in [0.25, 0.3) is 5.91 Å². The SMILES string of the molecule is CNC(=O)COC(=O)c1c2c(nc3ccccc13)C(=Cc1cc(OC)c(OC)c(OC)c1)CC2. The van der Waals surface area contributed by atoms with Gasteiger partial charge >= 0.3 is 5.97 Å². The van der Waals surface area contributed by atoms with E-state index in [0.717, 1.165) is 22.4 Å². The van der Waals surface area contributed by atoms with Crippen LogP contribution in [-0.4, -0.2) is 51.8 Å². The van der Waals surface area contributed by atoms with Gasteiger partial charge in [-0.05, 0) is 53.8 Å². The lowest BCUT2D eigenvalue weighted by molar-refractivity contribution is -0.123. The fourth-order valence-corrected chi connectivity index (χ4v) is 4.17. The normalized spacial score (nSPS) is 13.5. The summed E-state index contributed by atoms with van der Waals surface area (Å²) >= 11 is 0. The Morgan fingerprint density at radius 3 is 2.38 bits per heavy atom. The molecule has 0 saturated carbocycles. The number of nitrogens with zero attached hydrogens (tertiary/aromatic N) is 1. The number of hydrogen-bond acceptors (Lipinski definition) is 7. The van der Waals surface area contributed by atoms with Crippen molar-refractivity contribution >= 4 is 34.4 Å². The molecule has 34 heavy (non-hydrogen) atoms. The van der Waals surface area contributed by atoms with E-state index in [2.05, 4.69) is 5.32 Å². The molecule has 1 aromatic heterocycles. The molecule has 1 heterocycles. The smallest absolute Gasteiger partial charge is 0.339 e. The van der Waals surface area contributed by atoms with Gasteiger partial charge in [0.1, 0.15) is 0 Å². The van der Waals surface area contributed by atoms with Gasteiger partial charge in [-0.25, -0.2) is 9.78 Å². The highest BCUT2D eigenvalue weighted by Crippen LogP contribution is 2.41. The molecule has 0 bridgehead atoms. The van der Waals surface area contributed by atoms with Crippen LogP contribution < -0.4 is 19.5 Å². The Balaban J connectivity index is 1.81. The minimum atomic E-state index is -0.535. The molecule has 1 aliphatic carbocycles. The number of fused-ring (bicyclic) bond motifs is 2. The number of rotatable bonds is 7. The average Bonchev–Trinajstić information content (AvgIpc) is 3.26. The molecule has 0 atom stereocenters. The first-order valence-electron chi connectivity index (χ1n) is 10.8. The zero-order valence-electron chi connectivity index (χ0n) is 19.6. The Labute approximate surface area is 197 Å². The van der Waals surface area contributed by atoms with E-state index in [1.807, 2.05) is 42.5 Å². The van der Waals surface area contributed by atoms with Gasteiger partial charge in [0.2, 0.25) is 5.75 Å². The third-order valence-corrected chi connectivity index (χ3v) is 5.79. The standard InChI is InChI=1S/C26H26N2O6/c1-27-22(29)14-34-26(30)23-17-7-5-6-8-19(17)28-24-16(9-10-18(23)24)11-15-12-20(31-2)25(33-4)21(13-15)32-3/h5-8,11-13H,9-10,14H2,1-4H3,(H,27,29). The second-order valence-corrected chi connectivity index (χ2v) is 7.71. The van der Waals surface area contributed by atoms with Gasteiger partial charge < -0.3 is 24.3 Å². The number of aromatic nitrogens is 1. The van der Waals surface area contributed by atoms with Crippen LogP contribution in [0.3, 0.4) is 0 Å². The van der Waals surface area contributed by atoms with Gasteiger partial charge in [-0.15, -0.1) is 0 Å². The summed E-state index contributed by atoms with van der Waals surface area (Å²) in [7, 11) is 6.20. The van der Waals surface area contributed by atoms with Gasteiger partial charge in [0.15, 0.2) is 18.1 Å². The zero-order chi connectivity index (χ0) is 24.2. The van der Waals surface area contributed by atoms with Crippen molar-refractivity contribution in [3.8, 4) is 17.2 Å². The van der Waals surface area contributed by atoms with Crippen LogP contribution in [-0.2, 0) is 16.0 Å². The van der Waals surface area contributed by atoms with Crippen LogP contribution in [0, 0.1) is 0 Å². The van der Waals surface area contributed by atoms with Crippen molar-refractivity contribution in [2.24, 2.45) is 0 Å². The topological polar surface area (TPSA) is 96.0 Å². The minimum absolute atomic E-state index is 0.338. The third-order valence-electron chi connectivity index (χ3n) is 5.79. The molecule has 0 radical (unpaired) electrons. The maximum atomic E-state index is 13.0. The first-order valence-corrected chi connectivity index (χ1v) is 10.8. The molecule has 3 aromatic rings. The second-order valence-electron chi connectivity index (χ2n) is 7.71. The number of allylic oxidation sites excluding steroid dienone is 1. The van der Waals surface area contributed by atoms with Crippen LogP contribution in [0.5, 0.6) is 17.2 Å². The van der Waals surface area contributed by atoms with Gasteiger partial charge in [-0.3, -0.25) is 4.79 Å². The summed E-state index contributed by atoms with van der Waals surface area (Å²) in [4.78, 5) is 29.5. The number of para-hydroxylation sites is 1. The molecule has 176 valence electrons. The summed E-state index contributed by atoms with van der Waals surface area (Å²) in [5, 5.41) is 3.16. The first kappa shape index (κ1) is 23.1. The average molecular weight is 463 g/mol. The highest BCUT2D eigenvalue weighted by atomic mass is 16.5. The molecule has 1 amide bonds. The fourth-order valence-electron chi connectivity index (χ4n) is 4.17. The monoisotopic (exact) mass is 462 g/mol. The number of carbonyl (C=O) groups is 2. The van der Waals surface area contributed by atoms with Crippen LogP contribution >= 0.6 is 0 Å². The molecule has 0 saturated heterocycles. The number of esters is 1. The highest BCUT2D eigenvalue weighted by molar-refractivity contribution is 6.07. The second kappa shape index (κ2) is 9.82. The molecule has 2 aromatic carbocycles. The number of pyridine rings is 1. The highest BCUT2D eigenvalue weighted by Gasteiger charge is 2.28. The molecule has 0 aliphatic heterocycles. The van der Waals surface area contributed by atoms with Gasteiger partial charge in [0.05, 0.1) is 38.1 Å². The van der Waals surface area contributed by atoms with E-state index >= 15 is 0 Å². The van der Waals surface area contributed by atoms with E-state index < -0.39 is 5.97 Å². The summed E-state index contributed by atoms with van der Waals surface area (Å²) in [5.41, 5.74) is 4.55. The van der Waals surface area contributed by atoms with E-state index in [9.17, 15) is 9.59 Å². The molecule has 8 nitrogen and oxygen atoms in total. The summed E-state index contributed by atoms with van der Waals surface area (Å²) in [6.45, 7) is -0.338. The summed E-state index contributed by atoms with van der Waals surface area (Å²) in [5.74, 6) is 0.719. The molecule has 0 fully saturated rings. The van der Waals surface area contributed by atoms with Crippen LogP contribution in [0.2, 0.25) is 0 Å². The van der Waals surface area contributed by atoms with Crippen molar-refractivity contribution in [3.05, 3.63) is 58.8 Å². The van der Waals surface area contributed by atoms with Crippen molar-refractivity contribution in [3.63, 3.8) is 0 Å². The number of carbonyl (C=O) groups excluding carboxylic acids is 2. The Morgan fingerprint density at radius 1 is 1.03 bits per heavy atom. The Kier molecular flexibility index (Phi) is 6.67. The van der Waals surface area contributed by atoms with Gasteiger partial charge in [-0.2, -0.15) is 0 Å². The fraction of sp³-hybridized carbons (Fsp3) is 0.269. The van der Waals surface area contributed by atoms with Crippen LogP contribution in [0.1, 0.15) is 33.6 Å². The number of benzene rings is 2. The number of nitrogens with one attached hydrogen (secondary N) is 1. The van der Waals surface area contributed by atoms with Crippen molar-refractivity contribution in [2.75, 3.05) is 35.0 Å². The summed E-state index contributed by atoms with van der Waals surface area (Å²) in [6, 6.07) is 11.2. The molecule has 0 spiro atoms. The van der Waals surface area contributed by atoms with Crippen molar-refractivity contribution in [1.82, 2.24) is 10.3 Å². The Hall–Kier alpha value is -4.07. The first-order chi connectivity index (χ1) is 16.5. The van der Waals surface area contributed by atoms with E-state index in [1.165, 1.54) is 7.05 Å². The van der Waals surface area contributed by atoms with Crippen LogP contribution in [0.15, 0.2) is 36.4 Å². The lowest BCUT2D eigenvalue weighted by Gasteiger charge is -2.14. The minimum Gasteiger partial charge on any atom is -0.493 e. The largest absolute Gasteiger partial charge is 0.493 e.